The van der Waals surface area contributed by atoms with Gasteiger partial charge in [-0.05, 0) is 25.2 Å². The molecule has 4 rings (SSSR count). The number of nitrogens with zero attached hydrogens (tertiary/aromatic N) is 4. The van der Waals surface area contributed by atoms with Crippen LogP contribution in [0.5, 0.6) is 0 Å². The highest BCUT2D eigenvalue weighted by Gasteiger charge is 2.72. The van der Waals surface area contributed by atoms with E-state index in [9.17, 15) is 14.8 Å². The van der Waals surface area contributed by atoms with Crippen LogP contribution in [-0.4, -0.2) is 61.4 Å². The van der Waals surface area contributed by atoms with E-state index in [1.54, 1.807) is 18.2 Å². The third kappa shape index (κ3) is 2.67. The lowest BCUT2D eigenvalue weighted by Gasteiger charge is -2.25. The molecule has 0 amide bonds. The van der Waals surface area contributed by atoms with Gasteiger partial charge in [-0.1, -0.05) is 0 Å². The van der Waals surface area contributed by atoms with Gasteiger partial charge in [-0.15, -0.1) is 6.42 Å². The Morgan fingerprint density at radius 3 is 2.93 bits per heavy atom. The molecule has 0 aromatic carbocycles. The first-order valence-electron chi connectivity index (χ1n) is 8.78. The Kier molecular flexibility index (Phi) is 4.09. The van der Waals surface area contributed by atoms with Crippen LogP contribution in [0.4, 0.5) is 5.82 Å². The Morgan fingerprint density at radius 1 is 1.52 bits per heavy atom. The summed E-state index contributed by atoms with van der Waals surface area (Å²) in [6.07, 6.45) is 5.73. The third-order valence-corrected chi connectivity index (χ3v) is 7.70. The molecule has 2 aromatic rings. The highest BCUT2D eigenvalue weighted by atomic mass is 31.2. The first kappa shape index (κ1) is 18.4. The number of rotatable bonds is 5. The van der Waals surface area contributed by atoms with Gasteiger partial charge in [0, 0.05) is 18.2 Å². The SMILES string of the molecule is C#Cc1nc(N)c2ncn([C@H]3[C@H](O)[C@H](O)[C@@]4(CP(C)(=O)OCC)C[C@H]34)c2n1. The van der Waals surface area contributed by atoms with Crippen LogP contribution in [0.25, 0.3) is 11.2 Å². The molecule has 9 nitrogen and oxygen atoms in total. The van der Waals surface area contributed by atoms with Crippen LogP contribution in [0.1, 0.15) is 25.2 Å². The van der Waals surface area contributed by atoms with Crippen LogP contribution >= 0.6 is 7.37 Å². The Bertz CT molecular complexity index is 1000. The molecule has 10 heteroatoms. The number of hydrogen-bond donors (Lipinski definition) is 3. The fourth-order valence-corrected chi connectivity index (χ4v) is 6.88. The molecule has 2 aliphatic carbocycles. The zero-order chi connectivity index (χ0) is 19.6. The lowest BCUT2D eigenvalue weighted by atomic mass is 10.0. The summed E-state index contributed by atoms with van der Waals surface area (Å²) in [6, 6.07) is -0.466. The number of aliphatic hydroxyl groups excluding tert-OH is 2. The van der Waals surface area contributed by atoms with Gasteiger partial charge in [-0.2, -0.15) is 0 Å². The molecule has 0 spiro atoms. The molecule has 0 radical (unpaired) electrons. The van der Waals surface area contributed by atoms with Gasteiger partial charge in [0.05, 0.1) is 25.1 Å². The van der Waals surface area contributed by atoms with Crippen molar-refractivity contribution in [2.45, 2.75) is 31.6 Å². The third-order valence-electron chi connectivity index (χ3n) is 5.74. The second kappa shape index (κ2) is 6.01. The number of aromatic nitrogens is 4. The molecule has 4 N–H and O–H groups in total. The maximum absolute atomic E-state index is 12.7. The predicted molar refractivity (Wildman–Crippen MR) is 99.3 cm³/mol. The summed E-state index contributed by atoms with van der Waals surface area (Å²) in [5, 5.41) is 21.5. The Balaban J connectivity index is 1.73. The van der Waals surface area contributed by atoms with Gasteiger partial charge in [0.2, 0.25) is 13.2 Å². The second-order valence-electron chi connectivity index (χ2n) is 7.46. The van der Waals surface area contributed by atoms with Crippen LogP contribution in [-0.2, 0) is 9.09 Å². The standard InChI is InChI=1S/C17H22N5O4P/c1-4-10-20-15(18)11-16(21-10)22(8-19-11)12-9-6-17(9,14(24)13(12)23)7-27(3,25)26-5-2/h1,8-9,12-14,23-24H,5-7H2,2-3H3,(H2,18,20,21)/t9-,12-,13+,14+,17-,27?/m1/s1. The maximum Gasteiger partial charge on any atom is 0.208 e. The minimum atomic E-state index is -2.87. The number of hydrogen-bond acceptors (Lipinski definition) is 8. The lowest BCUT2D eigenvalue weighted by molar-refractivity contribution is -0.0134. The minimum absolute atomic E-state index is 0.0703. The maximum atomic E-state index is 12.7. The molecule has 1 unspecified atom stereocenters. The molecule has 0 saturated heterocycles. The van der Waals surface area contributed by atoms with E-state index in [2.05, 4.69) is 20.9 Å². The fourth-order valence-electron chi connectivity index (χ4n) is 4.62. The van der Waals surface area contributed by atoms with Crippen LogP contribution < -0.4 is 5.73 Å². The summed E-state index contributed by atoms with van der Waals surface area (Å²) in [7, 11) is -2.87. The van der Waals surface area contributed by atoms with Crippen molar-refractivity contribution in [2.75, 3.05) is 25.2 Å². The molecular weight excluding hydrogens is 369 g/mol. The Morgan fingerprint density at radius 2 is 2.26 bits per heavy atom. The topological polar surface area (TPSA) is 136 Å². The molecule has 0 aliphatic heterocycles. The van der Waals surface area contributed by atoms with Gasteiger partial charge in [0.15, 0.2) is 11.5 Å². The number of aliphatic hydroxyl groups is 2. The highest BCUT2D eigenvalue weighted by Crippen LogP contribution is 2.72. The quantitative estimate of drug-likeness (QED) is 0.498. The smallest absolute Gasteiger partial charge is 0.208 e. The van der Waals surface area contributed by atoms with E-state index in [0.29, 0.717) is 24.2 Å². The number of imidazole rings is 1. The molecule has 144 valence electrons. The first-order valence-corrected chi connectivity index (χ1v) is 11.0. The van der Waals surface area contributed by atoms with Gasteiger partial charge >= 0.3 is 0 Å². The van der Waals surface area contributed by atoms with Crippen LogP contribution in [0, 0.1) is 23.7 Å². The Hall–Kier alpha value is -1.98. The van der Waals surface area contributed by atoms with E-state index in [1.807, 2.05) is 0 Å². The monoisotopic (exact) mass is 391 g/mol. The van der Waals surface area contributed by atoms with Crippen molar-refractivity contribution in [3.63, 3.8) is 0 Å². The largest absolute Gasteiger partial charge is 0.390 e. The van der Waals surface area contributed by atoms with Crippen molar-refractivity contribution in [3.8, 4) is 12.3 Å². The number of terminal acetylenes is 1. The summed E-state index contributed by atoms with van der Waals surface area (Å²) in [5.41, 5.74) is 6.08. The molecule has 2 saturated carbocycles. The summed E-state index contributed by atoms with van der Waals surface area (Å²) in [6.45, 7) is 3.70. The molecule has 2 aliphatic rings. The van der Waals surface area contributed by atoms with E-state index in [-0.39, 0.29) is 23.7 Å². The van der Waals surface area contributed by atoms with Gasteiger partial charge in [-0.3, -0.25) is 4.57 Å². The van der Waals surface area contributed by atoms with Gasteiger partial charge in [-0.25, -0.2) is 15.0 Å². The summed E-state index contributed by atoms with van der Waals surface area (Å²) in [5.74, 6) is 2.58. The predicted octanol–water partition coefficient (Wildman–Crippen LogP) is 0.617. The van der Waals surface area contributed by atoms with E-state index in [4.69, 9.17) is 16.7 Å². The van der Waals surface area contributed by atoms with Gasteiger partial charge in [0.25, 0.3) is 0 Å². The van der Waals surface area contributed by atoms with Crippen LogP contribution in [0.3, 0.4) is 0 Å². The normalized spacial score (nSPS) is 34.2. The zero-order valence-corrected chi connectivity index (χ0v) is 16.0. The van der Waals surface area contributed by atoms with Crippen LogP contribution in [0.15, 0.2) is 6.33 Å². The number of anilines is 1. The second-order valence-corrected chi connectivity index (χ2v) is 10.1. The van der Waals surface area contributed by atoms with Crippen molar-refractivity contribution in [2.24, 2.45) is 11.3 Å². The Labute approximate surface area is 156 Å². The minimum Gasteiger partial charge on any atom is -0.390 e. The first-order chi connectivity index (χ1) is 12.7. The summed E-state index contributed by atoms with van der Waals surface area (Å²) >= 11 is 0. The summed E-state index contributed by atoms with van der Waals surface area (Å²) in [4.78, 5) is 12.5. The van der Waals surface area contributed by atoms with Crippen molar-refractivity contribution in [3.05, 3.63) is 12.2 Å². The molecule has 2 fully saturated rings. The van der Waals surface area contributed by atoms with Gasteiger partial charge in [0.1, 0.15) is 11.6 Å². The number of nitrogens with two attached hydrogens (primary N) is 1. The number of fused-ring (bicyclic) bond motifs is 2. The van der Waals surface area contributed by atoms with Crippen molar-refractivity contribution < 1.29 is 19.3 Å². The zero-order valence-electron chi connectivity index (χ0n) is 15.1. The van der Waals surface area contributed by atoms with Crippen molar-refractivity contribution >= 4 is 24.4 Å². The van der Waals surface area contributed by atoms with E-state index >= 15 is 0 Å². The molecule has 0 bridgehead atoms. The fraction of sp³-hybridized carbons (Fsp3) is 0.588. The average molecular weight is 391 g/mol. The molecule has 2 aromatic heterocycles. The van der Waals surface area contributed by atoms with E-state index < -0.39 is 31.0 Å². The average Bonchev–Trinajstić information content (AvgIpc) is 3.06. The molecule has 6 atom stereocenters. The lowest BCUT2D eigenvalue weighted by Crippen LogP contribution is -2.35. The van der Waals surface area contributed by atoms with E-state index in [0.717, 1.165) is 0 Å². The molecule has 2 heterocycles. The summed E-state index contributed by atoms with van der Waals surface area (Å²) < 4.78 is 19.8. The van der Waals surface area contributed by atoms with E-state index in [1.165, 1.54) is 6.33 Å². The molecular formula is C17H22N5O4P. The number of nitrogen functional groups attached to an aromatic ring is 1. The molecule has 27 heavy (non-hydrogen) atoms. The van der Waals surface area contributed by atoms with Crippen LogP contribution in [0.2, 0.25) is 0 Å². The van der Waals surface area contributed by atoms with Crippen molar-refractivity contribution in [1.29, 1.82) is 0 Å². The van der Waals surface area contributed by atoms with Gasteiger partial charge < -0.3 is 25.0 Å². The highest BCUT2D eigenvalue weighted by molar-refractivity contribution is 7.58. The van der Waals surface area contributed by atoms with Crippen molar-refractivity contribution in [1.82, 2.24) is 19.5 Å².